The third-order valence-corrected chi connectivity index (χ3v) is 2.97. The Hall–Kier alpha value is -1.69. The molecule has 1 N–H and O–H groups in total. The molecule has 1 heterocycles. The highest BCUT2D eigenvalue weighted by atomic mass is 32.1. The van der Waals surface area contributed by atoms with Crippen molar-refractivity contribution in [1.29, 1.82) is 0 Å². The Kier molecular flexibility index (Phi) is 4.09. The zero-order valence-corrected chi connectivity index (χ0v) is 10.5. The predicted octanol–water partition coefficient (Wildman–Crippen LogP) is 3.92. The molecule has 2 rings (SSSR count). The van der Waals surface area contributed by atoms with E-state index < -0.39 is 6.61 Å². The van der Waals surface area contributed by atoms with Gasteiger partial charge >= 0.3 is 6.61 Å². The van der Waals surface area contributed by atoms with E-state index in [1.807, 2.05) is 12.3 Å². The van der Waals surface area contributed by atoms with Gasteiger partial charge in [0.15, 0.2) is 0 Å². The number of hydrogen-bond acceptors (Lipinski definition) is 4. The lowest BCUT2D eigenvalue weighted by atomic mass is 10.2. The van der Waals surface area contributed by atoms with Crippen LogP contribution in [0.25, 0.3) is 0 Å². The van der Waals surface area contributed by atoms with Crippen LogP contribution in [0.5, 0.6) is 5.75 Å². The van der Waals surface area contributed by atoms with Crippen molar-refractivity contribution in [2.45, 2.75) is 19.6 Å². The second kappa shape index (κ2) is 5.77. The van der Waals surface area contributed by atoms with Gasteiger partial charge in [-0.3, -0.25) is 0 Å². The van der Waals surface area contributed by atoms with Gasteiger partial charge < -0.3 is 10.1 Å². The van der Waals surface area contributed by atoms with Gasteiger partial charge in [-0.1, -0.05) is 12.1 Å². The van der Waals surface area contributed by atoms with Crippen LogP contribution in [0.4, 0.5) is 14.5 Å². The molecule has 0 radical (unpaired) electrons. The van der Waals surface area contributed by atoms with Crippen molar-refractivity contribution in [2.24, 2.45) is 0 Å². The van der Waals surface area contributed by atoms with Crippen LogP contribution in [0.3, 0.4) is 0 Å². The van der Waals surface area contributed by atoms with Gasteiger partial charge in [0.25, 0.3) is 0 Å². The lowest BCUT2D eigenvalue weighted by molar-refractivity contribution is -0.0493. The van der Waals surface area contributed by atoms with Crippen molar-refractivity contribution in [3.05, 3.63) is 40.8 Å². The van der Waals surface area contributed by atoms with Crippen LogP contribution in [0.2, 0.25) is 0 Å². The first-order chi connectivity index (χ1) is 8.66. The summed E-state index contributed by atoms with van der Waals surface area (Å²) in [5.74, 6) is 0.134. The number of hydrogen-bond donors (Lipinski definition) is 1. The van der Waals surface area contributed by atoms with E-state index in [4.69, 9.17) is 0 Å². The molecule has 1 atom stereocenters. The Balaban J connectivity index is 2.13. The fourth-order valence-electron chi connectivity index (χ4n) is 1.53. The van der Waals surface area contributed by atoms with Gasteiger partial charge in [-0.15, -0.1) is 11.3 Å². The number of ether oxygens (including phenoxy) is 1. The Labute approximate surface area is 107 Å². The summed E-state index contributed by atoms with van der Waals surface area (Å²) in [6.45, 7) is -0.920. The number of aromatic nitrogens is 1. The number of nitrogens with one attached hydrogen (secondary N) is 1. The summed E-state index contributed by atoms with van der Waals surface area (Å²) in [6, 6.07) is 6.53. The lowest BCUT2D eigenvalue weighted by Crippen LogP contribution is -2.10. The van der Waals surface area contributed by atoms with Crippen LogP contribution in [0.15, 0.2) is 35.2 Å². The molecule has 0 spiro atoms. The van der Waals surface area contributed by atoms with E-state index in [0.29, 0.717) is 5.69 Å². The number of para-hydroxylation sites is 2. The normalized spacial score (nSPS) is 12.4. The van der Waals surface area contributed by atoms with Gasteiger partial charge in [0.2, 0.25) is 0 Å². The van der Waals surface area contributed by atoms with E-state index >= 15 is 0 Å². The van der Waals surface area contributed by atoms with Gasteiger partial charge in [0.1, 0.15) is 5.75 Å². The summed E-state index contributed by atoms with van der Waals surface area (Å²) in [5, 5.41) is 5.02. The minimum absolute atomic E-state index is 0.0707. The van der Waals surface area contributed by atoms with Crippen LogP contribution in [-0.2, 0) is 0 Å². The number of halogens is 2. The molecule has 0 aliphatic heterocycles. The van der Waals surface area contributed by atoms with Gasteiger partial charge in [0.05, 0.1) is 22.9 Å². The summed E-state index contributed by atoms with van der Waals surface area (Å²) in [5.41, 5.74) is 3.12. The van der Waals surface area contributed by atoms with E-state index in [-0.39, 0.29) is 11.8 Å². The van der Waals surface area contributed by atoms with E-state index in [2.05, 4.69) is 15.0 Å². The molecule has 1 unspecified atom stereocenters. The summed E-state index contributed by atoms with van der Waals surface area (Å²) >= 11 is 1.49. The highest BCUT2D eigenvalue weighted by Gasteiger charge is 2.12. The smallest absolute Gasteiger partial charge is 0.387 e. The van der Waals surface area contributed by atoms with E-state index in [1.165, 1.54) is 17.4 Å². The monoisotopic (exact) mass is 270 g/mol. The SMILES string of the molecule is CC(Nc1ccccc1OC(F)F)c1cscn1. The van der Waals surface area contributed by atoms with Crippen molar-refractivity contribution in [3.8, 4) is 5.75 Å². The fraction of sp³-hybridized carbons (Fsp3) is 0.250. The van der Waals surface area contributed by atoms with Gasteiger partial charge in [0, 0.05) is 5.38 Å². The minimum atomic E-state index is -2.83. The Morgan fingerprint density at radius 3 is 2.78 bits per heavy atom. The lowest BCUT2D eigenvalue weighted by Gasteiger charge is -2.16. The second-order valence-electron chi connectivity index (χ2n) is 3.65. The molecule has 18 heavy (non-hydrogen) atoms. The van der Waals surface area contributed by atoms with E-state index in [1.54, 1.807) is 23.7 Å². The standard InChI is InChI=1S/C12H12F2N2OS/c1-8(10-6-18-7-15-10)16-9-4-2-3-5-11(9)17-12(13)14/h2-8,12,16H,1H3. The topological polar surface area (TPSA) is 34.1 Å². The molecule has 0 aliphatic carbocycles. The molecule has 3 nitrogen and oxygen atoms in total. The van der Waals surface area contributed by atoms with Crippen LogP contribution in [0.1, 0.15) is 18.7 Å². The molecule has 0 saturated carbocycles. The zero-order valence-electron chi connectivity index (χ0n) is 9.64. The van der Waals surface area contributed by atoms with E-state index in [0.717, 1.165) is 5.69 Å². The highest BCUT2D eigenvalue weighted by Crippen LogP contribution is 2.29. The maximum absolute atomic E-state index is 12.3. The molecule has 0 amide bonds. The van der Waals surface area contributed by atoms with Crippen molar-refractivity contribution in [3.63, 3.8) is 0 Å². The first kappa shape index (κ1) is 12.8. The molecule has 6 heteroatoms. The first-order valence-electron chi connectivity index (χ1n) is 5.35. The van der Waals surface area contributed by atoms with Crippen molar-refractivity contribution in [1.82, 2.24) is 4.98 Å². The first-order valence-corrected chi connectivity index (χ1v) is 6.29. The molecule has 0 saturated heterocycles. The molecule has 1 aromatic heterocycles. The number of anilines is 1. The average Bonchev–Trinajstić information content (AvgIpc) is 2.84. The van der Waals surface area contributed by atoms with Crippen molar-refractivity contribution in [2.75, 3.05) is 5.32 Å². The third kappa shape index (κ3) is 3.16. The largest absolute Gasteiger partial charge is 0.433 e. The Morgan fingerprint density at radius 2 is 2.11 bits per heavy atom. The number of nitrogens with zero attached hydrogens (tertiary/aromatic N) is 1. The predicted molar refractivity (Wildman–Crippen MR) is 67.2 cm³/mol. The molecule has 2 aromatic rings. The van der Waals surface area contributed by atoms with Gasteiger partial charge in [-0.05, 0) is 19.1 Å². The van der Waals surface area contributed by atoms with Crippen LogP contribution >= 0.6 is 11.3 Å². The number of rotatable bonds is 5. The molecular weight excluding hydrogens is 258 g/mol. The Bertz CT molecular complexity index is 491. The minimum Gasteiger partial charge on any atom is -0.433 e. The van der Waals surface area contributed by atoms with Gasteiger partial charge in [-0.2, -0.15) is 8.78 Å². The van der Waals surface area contributed by atoms with Crippen LogP contribution in [-0.4, -0.2) is 11.6 Å². The molecule has 96 valence electrons. The summed E-state index contributed by atoms with van der Waals surface area (Å²) in [7, 11) is 0. The average molecular weight is 270 g/mol. The number of alkyl halides is 2. The summed E-state index contributed by atoms with van der Waals surface area (Å²) in [6.07, 6.45) is 0. The fourth-order valence-corrected chi connectivity index (χ4v) is 2.18. The second-order valence-corrected chi connectivity index (χ2v) is 4.37. The van der Waals surface area contributed by atoms with Crippen LogP contribution < -0.4 is 10.1 Å². The molecule has 0 aliphatic rings. The van der Waals surface area contributed by atoms with Gasteiger partial charge in [-0.25, -0.2) is 4.98 Å². The Morgan fingerprint density at radius 1 is 1.33 bits per heavy atom. The molecule has 1 aromatic carbocycles. The zero-order chi connectivity index (χ0) is 13.0. The van der Waals surface area contributed by atoms with Crippen molar-refractivity contribution >= 4 is 17.0 Å². The third-order valence-electron chi connectivity index (χ3n) is 2.37. The van der Waals surface area contributed by atoms with Crippen molar-refractivity contribution < 1.29 is 13.5 Å². The number of benzene rings is 1. The highest BCUT2D eigenvalue weighted by molar-refractivity contribution is 7.07. The van der Waals surface area contributed by atoms with Crippen LogP contribution in [0, 0.1) is 0 Å². The molecule has 0 bridgehead atoms. The summed E-state index contributed by atoms with van der Waals surface area (Å²) < 4.78 is 29.0. The maximum atomic E-state index is 12.3. The maximum Gasteiger partial charge on any atom is 0.387 e. The number of thiazole rings is 1. The summed E-state index contributed by atoms with van der Waals surface area (Å²) in [4.78, 5) is 4.17. The molecular formula is C12H12F2N2OS. The molecule has 0 fully saturated rings. The quantitative estimate of drug-likeness (QED) is 0.894. The van der Waals surface area contributed by atoms with E-state index in [9.17, 15) is 8.78 Å².